The average molecular weight is 372 g/mol. The van der Waals surface area contributed by atoms with Crippen LogP contribution in [-0.4, -0.2) is 15.5 Å². The maximum absolute atomic E-state index is 12.3. The van der Waals surface area contributed by atoms with Crippen LogP contribution in [0.25, 0.3) is 10.9 Å². The summed E-state index contributed by atoms with van der Waals surface area (Å²) in [6.07, 6.45) is 0. The van der Waals surface area contributed by atoms with Crippen molar-refractivity contribution in [3.05, 3.63) is 74.7 Å². The molecule has 23 heavy (non-hydrogen) atoms. The van der Waals surface area contributed by atoms with Gasteiger partial charge in [-0.05, 0) is 30.3 Å². The van der Waals surface area contributed by atoms with E-state index in [2.05, 4.69) is 26.2 Å². The van der Waals surface area contributed by atoms with E-state index >= 15 is 0 Å². The van der Waals surface area contributed by atoms with Crippen molar-refractivity contribution in [1.29, 1.82) is 0 Å². The molecule has 1 heterocycles. The Morgan fingerprint density at radius 2 is 2.00 bits per heavy atom. The smallest absolute Gasteiger partial charge is 0.261 e. The molecule has 0 saturated heterocycles. The van der Waals surface area contributed by atoms with Crippen molar-refractivity contribution in [2.24, 2.45) is 7.05 Å². The minimum absolute atomic E-state index is 0.123. The first-order chi connectivity index (χ1) is 11.1. The molecule has 0 radical (unpaired) electrons. The summed E-state index contributed by atoms with van der Waals surface area (Å²) in [6.45, 7) is 0.182. The quantitative estimate of drug-likeness (QED) is 0.769. The Morgan fingerprint density at radius 3 is 2.78 bits per heavy atom. The fourth-order valence-electron chi connectivity index (χ4n) is 2.31. The molecule has 6 heteroatoms. The molecule has 0 fully saturated rings. The minimum Gasteiger partial charge on any atom is -0.345 e. The van der Waals surface area contributed by atoms with Crippen LogP contribution in [0.5, 0.6) is 0 Å². The number of rotatable bonds is 3. The lowest BCUT2D eigenvalue weighted by Gasteiger charge is -2.10. The van der Waals surface area contributed by atoms with E-state index in [1.807, 2.05) is 12.1 Å². The van der Waals surface area contributed by atoms with Crippen molar-refractivity contribution in [2.75, 3.05) is 0 Å². The second-order valence-electron chi connectivity index (χ2n) is 5.10. The monoisotopic (exact) mass is 371 g/mol. The van der Waals surface area contributed by atoms with Gasteiger partial charge in [0.05, 0.1) is 17.4 Å². The second kappa shape index (κ2) is 6.34. The number of carbonyl (C=O) groups excluding carboxylic acids is 1. The molecular formula is C17H14BrN3O2. The molecule has 0 atom stereocenters. The van der Waals surface area contributed by atoms with Gasteiger partial charge in [-0.25, -0.2) is 4.98 Å². The Bertz CT molecular complexity index is 950. The summed E-state index contributed by atoms with van der Waals surface area (Å²) in [6, 6.07) is 14.3. The van der Waals surface area contributed by atoms with E-state index in [1.165, 1.54) is 4.57 Å². The topological polar surface area (TPSA) is 64.0 Å². The van der Waals surface area contributed by atoms with Crippen LogP contribution in [0.2, 0.25) is 0 Å². The molecule has 0 saturated carbocycles. The van der Waals surface area contributed by atoms with Crippen LogP contribution in [0.1, 0.15) is 16.2 Å². The van der Waals surface area contributed by atoms with Crippen LogP contribution in [0, 0.1) is 0 Å². The number of halogens is 1. The second-order valence-corrected chi connectivity index (χ2v) is 6.02. The van der Waals surface area contributed by atoms with Gasteiger partial charge < -0.3 is 5.32 Å². The minimum atomic E-state index is -0.214. The van der Waals surface area contributed by atoms with Gasteiger partial charge in [0.15, 0.2) is 0 Å². The number of hydrogen-bond donors (Lipinski definition) is 1. The van der Waals surface area contributed by atoms with Gasteiger partial charge in [-0.3, -0.25) is 14.2 Å². The fourth-order valence-corrected chi connectivity index (χ4v) is 2.71. The van der Waals surface area contributed by atoms with Crippen molar-refractivity contribution in [1.82, 2.24) is 14.9 Å². The molecule has 0 aliphatic rings. The zero-order chi connectivity index (χ0) is 16.4. The zero-order valence-corrected chi connectivity index (χ0v) is 14.0. The molecular weight excluding hydrogens is 358 g/mol. The van der Waals surface area contributed by atoms with Gasteiger partial charge in [0.1, 0.15) is 5.82 Å². The molecule has 1 amide bonds. The van der Waals surface area contributed by atoms with Gasteiger partial charge in [-0.1, -0.05) is 34.1 Å². The van der Waals surface area contributed by atoms with Crippen LogP contribution in [0.4, 0.5) is 0 Å². The van der Waals surface area contributed by atoms with Crippen molar-refractivity contribution in [2.45, 2.75) is 6.54 Å². The first-order valence-electron chi connectivity index (χ1n) is 7.04. The van der Waals surface area contributed by atoms with Gasteiger partial charge in [0, 0.05) is 17.1 Å². The summed E-state index contributed by atoms with van der Waals surface area (Å²) in [5.41, 5.74) is 1.05. The largest absolute Gasteiger partial charge is 0.345 e. The van der Waals surface area contributed by atoms with Crippen LogP contribution >= 0.6 is 15.9 Å². The summed E-state index contributed by atoms with van der Waals surface area (Å²) >= 11 is 3.34. The van der Waals surface area contributed by atoms with Crippen LogP contribution < -0.4 is 10.9 Å². The molecule has 5 nitrogen and oxygen atoms in total. The molecule has 0 aliphatic carbocycles. The van der Waals surface area contributed by atoms with E-state index in [4.69, 9.17) is 0 Å². The predicted molar refractivity (Wildman–Crippen MR) is 92.3 cm³/mol. The number of aromatic nitrogens is 2. The van der Waals surface area contributed by atoms with Crippen LogP contribution in [-0.2, 0) is 13.6 Å². The van der Waals surface area contributed by atoms with Crippen molar-refractivity contribution in [3.63, 3.8) is 0 Å². The van der Waals surface area contributed by atoms with Gasteiger partial charge in [0.25, 0.3) is 11.5 Å². The first kappa shape index (κ1) is 15.4. The van der Waals surface area contributed by atoms with Crippen LogP contribution in [0.3, 0.4) is 0 Å². The highest BCUT2D eigenvalue weighted by molar-refractivity contribution is 9.10. The fraction of sp³-hybridized carbons (Fsp3) is 0.118. The molecule has 0 spiro atoms. The number of para-hydroxylation sites is 1. The first-order valence-corrected chi connectivity index (χ1v) is 7.84. The number of nitrogens with zero attached hydrogens (tertiary/aromatic N) is 2. The van der Waals surface area contributed by atoms with Gasteiger partial charge in [-0.15, -0.1) is 0 Å². The number of carbonyl (C=O) groups is 1. The highest BCUT2D eigenvalue weighted by Crippen LogP contribution is 2.12. The molecule has 3 rings (SSSR count). The molecule has 0 bridgehead atoms. The molecule has 0 aliphatic heterocycles. The number of benzene rings is 2. The normalized spacial score (nSPS) is 10.7. The average Bonchev–Trinajstić information content (AvgIpc) is 2.56. The Hall–Kier alpha value is -2.47. The van der Waals surface area contributed by atoms with E-state index in [0.29, 0.717) is 22.3 Å². The van der Waals surface area contributed by atoms with Gasteiger partial charge >= 0.3 is 0 Å². The summed E-state index contributed by atoms with van der Waals surface area (Å²) in [5.74, 6) is 0.297. The van der Waals surface area contributed by atoms with E-state index in [1.54, 1.807) is 43.4 Å². The van der Waals surface area contributed by atoms with Crippen LogP contribution in [0.15, 0.2) is 57.8 Å². The number of nitrogens with one attached hydrogen (secondary N) is 1. The van der Waals surface area contributed by atoms with Gasteiger partial charge in [-0.2, -0.15) is 0 Å². The molecule has 1 N–H and O–H groups in total. The summed E-state index contributed by atoms with van der Waals surface area (Å²) in [5, 5.41) is 3.36. The van der Waals surface area contributed by atoms with E-state index in [9.17, 15) is 9.59 Å². The van der Waals surface area contributed by atoms with E-state index < -0.39 is 0 Å². The Kier molecular flexibility index (Phi) is 4.25. The summed E-state index contributed by atoms with van der Waals surface area (Å²) in [7, 11) is 1.66. The van der Waals surface area contributed by atoms with Crippen molar-refractivity contribution < 1.29 is 4.79 Å². The molecule has 2 aromatic carbocycles. The van der Waals surface area contributed by atoms with E-state index in [0.717, 1.165) is 4.47 Å². The summed E-state index contributed by atoms with van der Waals surface area (Å²) < 4.78 is 2.30. The summed E-state index contributed by atoms with van der Waals surface area (Å²) in [4.78, 5) is 29.0. The maximum Gasteiger partial charge on any atom is 0.261 e. The van der Waals surface area contributed by atoms with E-state index in [-0.39, 0.29) is 18.0 Å². The number of hydrogen-bond acceptors (Lipinski definition) is 3. The number of amides is 1. The molecule has 1 aromatic heterocycles. The molecule has 3 aromatic rings. The zero-order valence-electron chi connectivity index (χ0n) is 12.4. The third kappa shape index (κ3) is 3.17. The molecule has 0 unspecified atom stereocenters. The third-order valence-electron chi connectivity index (χ3n) is 3.57. The van der Waals surface area contributed by atoms with Crippen molar-refractivity contribution >= 4 is 32.7 Å². The lowest BCUT2D eigenvalue weighted by molar-refractivity contribution is 0.0949. The lowest BCUT2D eigenvalue weighted by Crippen LogP contribution is -2.29. The van der Waals surface area contributed by atoms with Crippen molar-refractivity contribution in [3.8, 4) is 0 Å². The lowest BCUT2D eigenvalue weighted by atomic mass is 10.2. The van der Waals surface area contributed by atoms with Gasteiger partial charge in [0.2, 0.25) is 0 Å². The standard InChI is InChI=1S/C17H14BrN3O2/c1-21-15(20-14-8-3-2-7-13(14)17(21)23)10-19-16(22)11-5-4-6-12(18)9-11/h2-9H,10H2,1H3,(H,19,22). The Labute approximate surface area is 141 Å². The highest BCUT2D eigenvalue weighted by atomic mass is 79.9. The molecule has 116 valence electrons. The predicted octanol–water partition coefficient (Wildman–Crippen LogP) is 2.63. The maximum atomic E-state index is 12.3. The third-order valence-corrected chi connectivity index (χ3v) is 4.06. The highest BCUT2D eigenvalue weighted by Gasteiger charge is 2.10. The Morgan fingerprint density at radius 1 is 1.22 bits per heavy atom. The SMILES string of the molecule is Cn1c(CNC(=O)c2cccc(Br)c2)nc2ccccc2c1=O. The number of fused-ring (bicyclic) bond motifs is 1. The Balaban J connectivity index is 1.86.